The van der Waals surface area contributed by atoms with E-state index < -0.39 is 5.54 Å². The quantitative estimate of drug-likeness (QED) is 0.642. The van der Waals surface area contributed by atoms with Crippen molar-refractivity contribution < 1.29 is 5.11 Å². The highest BCUT2D eigenvalue weighted by molar-refractivity contribution is 5.30. The van der Waals surface area contributed by atoms with Crippen LogP contribution < -0.4 is 5.73 Å². The van der Waals surface area contributed by atoms with Gasteiger partial charge in [0.25, 0.3) is 0 Å². The molecule has 78 valence electrons. The first-order valence-electron chi connectivity index (χ1n) is 5.07. The maximum Gasteiger partial charge on any atom is 0.0676 e. The van der Waals surface area contributed by atoms with E-state index in [2.05, 4.69) is 10.2 Å². The number of hydrogen-bond donors (Lipinski definition) is 3. The first-order chi connectivity index (χ1) is 6.62. The summed E-state index contributed by atoms with van der Waals surface area (Å²) in [7, 11) is 0. The second kappa shape index (κ2) is 3.37. The Hall–Kier alpha value is -0.870. The molecule has 1 aliphatic carbocycles. The number of aryl methyl sites for hydroxylation is 1. The van der Waals surface area contributed by atoms with E-state index in [1.807, 2.05) is 6.92 Å². The van der Waals surface area contributed by atoms with E-state index in [4.69, 9.17) is 10.8 Å². The smallest absolute Gasteiger partial charge is 0.0676 e. The molecule has 4 nitrogen and oxygen atoms in total. The lowest BCUT2D eigenvalue weighted by molar-refractivity contribution is 0.207. The molecule has 1 aromatic rings. The van der Waals surface area contributed by atoms with Crippen LogP contribution in [0.25, 0.3) is 0 Å². The van der Waals surface area contributed by atoms with Crippen molar-refractivity contribution in [3.05, 3.63) is 17.0 Å². The summed E-state index contributed by atoms with van der Waals surface area (Å²) in [5.41, 5.74) is 8.97. The van der Waals surface area contributed by atoms with Crippen LogP contribution in [0.3, 0.4) is 0 Å². The summed E-state index contributed by atoms with van der Waals surface area (Å²) in [4.78, 5) is 0. The lowest BCUT2D eigenvalue weighted by atomic mass is 9.96. The van der Waals surface area contributed by atoms with Gasteiger partial charge in [0, 0.05) is 17.7 Å². The minimum atomic E-state index is -0.550. The zero-order chi connectivity index (χ0) is 10.2. The van der Waals surface area contributed by atoms with Gasteiger partial charge in [-0.15, -0.1) is 0 Å². The van der Waals surface area contributed by atoms with Gasteiger partial charge >= 0.3 is 0 Å². The number of hydrogen-bond acceptors (Lipinski definition) is 3. The van der Waals surface area contributed by atoms with Gasteiger partial charge in [-0.3, -0.25) is 5.10 Å². The fourth-order valence-electron chi connectivity index (χ4n) is 1.97. The van der Waals surface area contributed by atoms with Crippen molar-refractivity contribution in [3.63, 3.8) is 0 Å². The molecule has 4 heteroatoms. The molecule has 4 N–H and O–H groups in total. The molecular weight excluding hydrogens is 178 g/mol. The second-order valence-electron chi connectivity index (χ2n) is 4.47. The summed E-state index contributed by atoms with van der Waals surface area (Å²) < 4.78 is 0. The highest BCUT2D eigenvalue weighted by Crippen LogP contribution is 2.24. The first kappa shape index (κ1) is 9.68. The van der Waals surface area contributed by atoms with Crippen LogP contribution in [0, 0.1) is 0 Å². The highest BCUT2D eigenvalue weighted by Gasteiger charge is 2.24. The minimum absolute atomic E-state index is 0.00532. The highest BCUT2D eigenvalue weighted by atomic mass is 16.3. The molecule has 0 radical (unpaired) electrons. The molecule has 1 aromatic heterocycles. The molecule has 1 aliphatic rings. The van der Waals surface area contributed by atoms with Crippen molar-refractivity contribution in [1.29, 1.82) is 0 Å². The fraction of sp³-hybridized carbons (Fsp3) is 0.700. The van der Waals surface area contributed by atoms with Gasteiger partial charge in [0.15, 0.2) is 0 Å². The Labute approximate surface area is 83.5 Å². The SMILES string of the molecule is CC(N)(CO)Cc1n[nH]c2c1CCC2. The van der Waals surface area contributed by atoms with Gasteiger partial charge < -0.3 is 10.8 Å². The Balaban J connectivity index is 2.18. The third-order valence-electron chi connectivity index (χ3n) is 2.82. The van der Waals surface area contributed by atoms with Crippen molar-refractivity contribution in [3.8, 4) is 0 Å². The number of nitrogens with one attached hydrogen (secondary N) is 1. The van der Waals surface area contributed by atoms with E-state index in [1.165, 1.54) is 17.7 Å². The van der Waals surface area contributed by atoms with Gasteiger partial charge in [-0.2, -0.15) is 5.10 Å². The van der Waals surface area contributed by atoms with E-state index >= 15 is 0 Å². The van der Waals surface area contributed by atoms with Crippen molar-refractivity contribution >= 4 is 0 Å². The summed E-state index contributed by atoms with van der Waals surface area (Å²) >= 11 is 0. The topological polar surface area (TPSA) is 74.9 Å². The zero-order valence-electron chi connectivity index (χ0n) is 8.51. The fourth-order valence-corrected chi connectivity index (χ4v) is 1.97. The summed E-state index contributed by atoms with van der Waals surface area (Å²) in [6.07, 6.45) is 4.05. The Kier molecular flexibility index (Phi) is 2.33. The third-order valence-corrected chi connectivity index (χ3v) is 2.82. The molecule has 0 spiro atoms. The van der Waals surface area contributed by atoms with Crippen LogP contribution in [0.4, 0.5) is 0 Å². The zero-order valence-corrected chi connectivity index (χ0v) is 8.51. The number of aliphatic hydroxyl groups excluding tert-OH is 1. The van der Waals surface area contributed by atoms with Crippen LogP contribution in [-0.2, 0) is 19.3 Å². The van der Waals surface area contributed by atoms with Gasteiger partial charge in [-0.05, 0) is 31.7 Å². The molecule has 0 amide bonds. The molecular formula is C10H17N3O. The molecule has 0 aliphatic heterocycles. The van der Waals surface area contributed by atoms with Gasteiger partial charge in [-0.1, -0.05) is 0 Å². The Morgan fingerprint density at radius 1 is 1.57 bits per heavy atom. The Morgan fingerprint density at radius 2 is 2.36 bits per heavy atom. The van der Waals surface area contributed by atoms with Crippen LogP contribution in [0.5, 0.6) is 0 Å². The number of nitrogens with two attached hydrogens (primary N) is 1. The second-order valence-corrected chi connectivity index (χ2v) is 4.47. The van der Waals surface area contributed by atoms with Crippen LogP contribution in [0.15, 0.2) is 0 Å². The van der Waals surface area contributed by atoms with E-state index in [9.17, 15) is 0 Å². The largest absolute Gasteiger partial charge is 0.394 e. The maximum atomic E-state index is 9.08. The van der Waals surface area contributed by atoms with Crippen LogP contribution in [0.1, 0.15) is 30.3 Å². The van der Waals surface area contributed by atoms with Gasteiger partial charge in [-0.25, -0.2) is 0 Å². The third kappa shape index (κ3) is 1.67. The number of fused-ring (bicyclic) bond motifs is 1. The number of aromatic nitrogens is 2. The first-order valence-corrected chi connectivity index (χ1v) is 5.07. The molecule has 0 fully saturated rings. The number of aromatic amines is 1. The lowest BCUT2D eigenvalue weighted by Crippen LogP contribution is -2.42. The van der Waals surface area contributed by atoms with Crippen molar-refractivity contribution in [2.75, 3.05) is 6.61 Å². The molecule has 0 bridgehead atoms. The van der Waals surface area contributed by atoms with Gasteiger partial charge in [0.2, 0.25) is 0 Å². The lowest BCUT2D eigenvalue weighted by Gasteiger charge is -2.20. The summed E-state index contributed by atoms with van der Waals surface area (Å²) in [6.45, 7) is 1.84. The van der Waals surface area contributed by atoms with E-state index in [0.29, 0.717) is 6.42 Å². The Bertz CT molecular complexity index is 330. The predicted octanol–water partition coefficient (Wildman–Crippen LogP) is 0.151. The van der Waals surface area contributed by atoms with E-state index in [0.717, 1.165) is 18.5 Å². The maximum absolute atomic E-state index is 9.08. The number of rotatable bonds is 3. The van der Waals surface area contributed by atoms with Gasteiger partial charge in [0.05, 0.1) is 12.3 Å². The van der Waals surface area contributed by atoms with Crippen LogP contribution >= 0.6 is 0 Å². The summed E-state index contributed by atoms with van der Waals surface area (Å²) in [5, 5.41) is 16.4. The molecule has 0 aromatic carbocycles. The average Bonchev–Trinajstić information content (AvgIpc) is 2.70. The molecule has 0 saturated heterocycles. The van der Waals surface area contributed by atoms with Crippen molar-refractivity contribution in [1.82, 2.24) is 10.2 Å². The summed E-state index contributed by atoms with van der Waals surface area (Å²) in [6, 6.07) is 0. The summed E-state index contributed by atoms with van der Waals surface area (Å²) in [5.74, 6) is 0. The molecule has 1 atom stereocenters. The Morgan fingerprint density at radius 3 is 3.07 bits per heavy atom. The van der Waals surface area contributed by atoms with Gasteiger partial charge in [0.1, 0.15) is 0 Å². The van der Waals surface area contributed by atoms with Crippen molar-refractivity contribution in [2.24, 2.45) is 5.73 Å². The molecule has 2 rings (SSSR count). The number of H-pyrrole nitrogens is 1. The predicted molar refractivity (Wildman–Crippen MR) is 54.0 cm³/mol. The molecule has 14 heavy (non-hydrogen) atoms. The van der Waals surface area contributed by atoms with Crippen LogP contribution in [0.2, 0.25) is 0 Å². The average molecular weight is 195 g/mol. The standard InChI is InChI=1S/C10H17N3O/c1-10(11,6-14)5-9-7-3-2-4-8(7)12-13-9/h14H,2-6,11H2,1H3,(H,12,13). The minimum Gasteiger partial charge on any atom is -0.394 e. The van der Waals surface area contributed by atoms with Crippen molar-refractivity contribution in [2.45, 2.75) is 38.1 Å². The molecule has 1 unspecified atom stereocenters. The molecule has 1 heterocycles. The molecule has 0 saturated carbocycles. The normalized spacial score (nSPS) is 19.4. The monoisotopic (exact) mass is 195 g/mol. The number of nitrogens with zero attached hydrogens (tertiary/aromatic N) is 1. The number of aliphatic hydroxyl groups is 1. The van der Waals surface area contributed by atoms with E-state index in [-0.39, 0.29) is 6.61 Å². The van der Waals surface area contributed by atoms with E-state index in [1.54, 1.807) is 0 Å². The van der Waals surface area contributed by atoms with Crippen LogP contribution in [-0.4, -0.2) is 27.4 Å².